The first-order valence-corrected chi connectivity index (χ1v) is 7.99. The normalized spacial score (nSPS) is 20.7. The zero-order valence-corrected chi connectivity index (χ0v) is 11.9. The van der Waals surface area contributed by atoms with Crippen LogP contribution < -0.4 is 10.0 Å². The van der Waals surface area contributed by atoms with Crippen molar-refractivity contribution < 1.29 is 8.42 Å². The maximum absolute atomic E-state index is 11.8. The molecule has 0 aliphatic carbocycles. The third kappa shape index (κ3) is 5.81. The fraction of sp³-hybridized carbons (Fsp3) is 1.00. The zero-order chi connectivity index (χ0) is 12.9. The van der Waals surface area contributed by atoms with Crippen LogP contribution in [0.15, 0.2) is 0 Å². The molecule has 1 atom stereocenters. The number of hydrogen-bond donors (Lipinski definition) is 2. The summed E-state index contributed by atoms with van der Waals surface area (Å²) in [5.74, 6) is 0.522. The van der Waals surface area contributed by atoms with Crippen LogP contribution in [0.1, 0.15) is 20.8 Å². The number of piperazine rings is 1. The summed E-state index contributed by atoms with van der Waals surface area (Å²) in [4.78, 5) is 2.19. The van der Waals surface area contributed by atoms with Gasteiger partial charge in [-0.3, -0.25) is 4.90 Å². The third-order valence-corrected chi connectivity index (χ3v) is 4.70. The molecule has 2 N–H and O–H groups in total. The van der Waals surface area contributed by atoms with Gasteiger partial charge in [-0.15, -0.1) is 0 Å². The summed E-state index contributed by atoms with van der Waals surface area (Å²) in [6.45, 7) is 10.4. The van der Waals surface area contributed by atoms with Crippen LogP contribution in [0.4, 0.5) is 0 Å². The lowest BCUT2D eigenvalue weighted by molar-refractivity contribution is 0.253. The van der Waals surface area contributed by atoms with Gasteiger partial charge in [0.1, 0.15) is 0 Å². The van der Waals surface area contributed by atoms with Gasteiger partial charge in [0.2, 0.25) is 10.0 Å². The van der Waals surface area contributed by atoms with Gasteiger partial charge in [0.05, 0.1) is 5.75 Å². The molecule has 1 saturated heterocycles. The highest BCUT2D eigenvalue weighted by Gasteiger charge is 2.18. The summed E-state index contributed by atoms with van der Waals surface area (Å²) in [6.07, 6.45) is 0. The number of nitrogens with one attached hydrogen (secondary N) is 2. The molecule has 0 radical (unpaired) electrons. The molecule has 1 heterocycles. The van der Waals surface area contributed by atoms with E-state index in [0.29, 0.717) is 12.5 Å². The first-order chi connectivity index (χ1) is 7.91. The van der Waals surface area contributed by atoms with Gasteiger partial charge in [-0.1, -0.05) is 13.8 Å². The molecule has 0 bridgehead atoms. The average molecular weight is 263 g/mol. The minimum Gasteiger partial charge on any atom is -0.314 e. The van der Waals surface area contributed by atoms with E-state index in [2.05, 4.69) is 14.9 Å². The Hall–Kier alpha value is -0.170. The van der Waals surface area contributed by atoms with Crippen molar-refractivity contribution >= 4 is 10.0 Å². The van der Waals surface area contributed by atoms with Crippen molar-refractivity contribution in [2.75, 3.05) is 38.5 Å². The topological polar surface area (TPSA) is 61.4 Å². The Morgan fingerprint density at radius 2 is 1.82 bits per heavy atom. The summed E-state index contributed by atoms with van der Waals surface area (Å²) in [5.41, 5.74) is 0. The van der Waals surface area contributed by atoms with Crippen molar-refractivity contribution in [2.24, 2.45) is 5.92 Å². The number of nitrogens with zero attached hydrogens (tertiary/aromatic N) is 1. The molecule has 1 fully saturated rings. The van der Waals surface area contributed by atoms with Crippen LogP contribution in [-0.4, -0.2) is 57.8 Å². The smallest absolute Gasteiger partial charge is 0.213 e. The SMILES string of the molecule is CC(C)C(C)NS(=O)(=O)CCN1CCNCC1. The highest BCUT2D eigenvalue weighted by molar-refractivity contribution is 7.89. The highest BCUT2D eigenvalue weighted by atomic mass is 32.2. The first-order valence-electron chi connectivity index (χ1n) is 6.34. The Kier molecular flexibility index (Phi) is 5.85. The molecular weight excluding hydrogens is 238 g/mol. The van der Waals surface area contributed by atoms with Gasteiger partial charge in [-0.05, 0) is 12.8 Å². The van der Waals surface area contributed by atoms with Gasteiger partial charge in [-0.2, -0.15) is 0 Å². The monoisotopic (exact) mass is 263 g/mol. The van der Waals surface area contributed by atoms with Gasteiger partial charge >= 0.3 is 0 Å². The first kappa shape index (κ1) is 14.9. The second kappa shape index (κ2) is 6.68. The third-order valence-electron chi connectivity index (χ3n) is 3.25. The van der Waals surface area contributed by atoms with Crippen molar-refractivity contribution in [3.05, 3.63) is 0 Å². The molecular formula is C11H25N3O2S. The van der Waals surface area contributed by atoms with Gasteiger partial charge < -0.3 is 5.32 Å². The highest BCUT2D eigenvalue weighted by Crippen LogP contribution is 2.02. The van der Waals surface area contributed by atoms with Crippen molar-refractivity contribution in [1.82, 2.24) is 14.9 Å². The fourth-order valence-electron chi connectivity index (χ4n) is 1.66. The summed E-state index contributed by atoms with van der Waals surface area (Å²) >= 11 is 0. The Bertz CT molecular complexity index is 311. The molecule has 0 aromatic heterocycles. The maximum Gasteiger partial charge on any atom is 0.213 e. The van der Waals surface area contributed by atoms with Crippen molar-refractivity contribution in [1.29, 1.82) is 0 Å². The van der Waals surface area contributed by atoms with E-state index in [-0.39, 0.29) is 11.8 Å². The van der Waals surface area contributed by atoms with Gasteiger partial charge in [0.15, 0.2) is 0 Å². The van der Waals surface area contributed by atoms with E-state index >= 15 is 0 Å². The number of rotatable bonds is 6. The summed E-state index contributed by atoms with van der Waals surface area (Å²) in [6, 6.07) is 0.00280. The zero-order valence-electron chi connectivity index (χ0n) is 11.1. The minimum absolute atomic E-state index is 0.00280. The Morgan fingerprint density at radius 1 is 1.24 bits per heavy atom. The minimum atomic E-state index is -3.14. The molecule has 0 aromatic carbocycles. The fourth-order valence-corrected chi connectivity index (χ4v) is 3.12. The Balaban J connectivity index is 2.33. The second-order valence-electron chi connectivity index (χ2n) is 5.06. The van der Waals surface area contributed by atoms with E-state index in [1.54, 1.807) is 0 Å². The molecule has 102 valence electrons. The van der Waals surface area contributed by atoms with Gasteiger partial charge in [0, 0.05) is 38.8 Å². The molecule has 6 heteroatoms. The number of sulfonamides is 1. The van der Waals surface area contributed by atoms with Crippen LogP contribution >= 0.6 is 0 Å². The molecule has 0 spiro atoms. The Morgan fingerprint density at radius 3 is 2.35 bits per heavy atom. The molecule has 1 aliphatic heterocycles. The van der Waals surface area contributed by atoms with E-state index < -0.39 is 10.0 Å². The lowest BCUT2D eigenvalue weighted by Gasteiger charge is -2.27. The van der Waals surface area contributed by atoms with E-state index in [9.17, 15) is 8.42 Å². The molecule has 1 unspecified atom stereocenters. The molecule has 0 aromatic rings. The standard InChI is InChI=1S/C11H25N3O2S/c1-10(2)11(3)13-17(15,16)9-8-14-6-4-12-5-7-14/h10-13H,4-9H2,1-3H3. The predicted molar refractivity (Wildman–Crippen MR) is 70.5 cm³/mol. The summed E-state index contributed by atoms with van der Waals surface area (Å²) in [7, 11) is -3.14. The second-order valence-corrected chi connectivity index (χ2v) is 6.93. The molecule has 0 saturated carbocycles. The molecule has 0 amide bonds. The summed E-state index contributed by atoms with van der Waals surface area (Å²) in [5, 5.41) is 3.25. The van der Waals surface area contributed by atoms with Crippen LogP contribution in [0.25, 0.3) is 0 Å². The van der Waals surface area contributed by atoms with Crippen LogP contribution in [0.3, 0.4) is 0 Å². The van der Waals surface area contributed by atoms with E-state index in [4.69, 9.17) is 0 Å². The van der Waals surface area contributed by atoms with Crippen LogP contribution in [0, 0.1) is 5.92 Å². The lowest BCUT2D eigenvalue weighted by atomic mass is 10.1. The van der Waals surface area contributed by atoms with Crippen molar-refractivity contribution in [3.8, 4) is 0 Å². The maximum atomic E-state index is 11.8. The predicted octanol–water partition coefficient (Wildman–Crippen LogP) is -0.144. The summed E-state index contributed by atoms with van der Waals surface area (Å²) < 4.78 is 26.4. The van der Waals surface area contributed by atoms with Gasteiger partial charge in [0.25, 0.3) is 0 Å². The quantitative estimate of drug-likeness (QED) is 0.700. The molecule has 1 aliphatic rings. The Labute approximate surface area is 105 Å². The molecule has 5 nitrogen and oxygen atoms in total. The van der Waals surface area contributed by atoms with E-state index in [0.717, 1.165) is 26.2 Å². The van der Waals surface area contributed by atoms with Crippen molar-refractivity contribution in [3.63, 3.8) is 0 Å². The lowest BCUT2D eigenvalue weighted by Crippen LogP contribution is -2.46. The average Bonchev–Trinajstić information content (AvgIpc) is 2.27. The van der Waals surface area contributed by atoms with Crippen LogP contribution in [0.5, 0.6) is 0 Å². The van der Waals surface area contributed by atoms with Crippen molar-refractivity contribution in [2.45, 2.75) is 26.8 Å². The van der Waals surface area contributed by atoms with Crippen LogP contribution in [0.2, 0.25) is 0 Å². The van der Waals surface area contributed by atoms with Gasteiger partial charge in [-0.25, -0.2) is 13.1 Å². The van der Waals surface area contributed by atoms with E-state index in [1.807, 2.05) is 20.8 Å². The molecule has 17 heavy (non-hydrogen) atoms. The molecule has 1 rings (SSSR count). The largest absolute Gasteiger partial charge is 0.314 e. The number of hydrogen-bond acceptors (Lipinski definition) is 4. The van der Waals surface area contributed by atoms with E-state index in [1.165, 1.54) is 0 Å². The van der Waals surface area contributed by atoms with Crippen LogP contribution in [-0.2, 0) is 10.0 Å².